The van der Waals surface area contributed by atoms with Crippen LogP contribution in [0.15, 0.2) is 23.8 Å². The van der Waals surface area contributed by atoms with E-state index in [1.165, 1.54) is 0 Å². The summed E-state index contributed by atoms with van der Waals surface area (Å²) in [7, 11) is 0. The molecule has 5 nitrogen and oxygen atoms in total. The van der Waals surface area contributed by atoms with Gasteiger partial charge in [-0.2, -0.15) is 0 Å². The van der Waals surface area contributed by atoms with Crippen molar-refractivity contribution in [2.24, 2.45) is 22.7 Å². The number of hydrogen-bond donors (Lipinski definition) is 3. The average Bonchev–Trinajstić information content (AvgIpc) is 2.89. The predicted molar refractivity (Wildman–Crippen MR) is 93.6 cm³/mol. The van der Waals surface area contributed by atoms with Crippen LogP contribution in [0.2, 0.25) is 0 Å². The third kappa shape index (κ3) is 2.86. The minimum Gasteiger partial charge on any atom is -0.459 e. The number of rotatable bonds is 3. The van der Waals surface area contributed by atoms with Gasteiger partial charge in [0.15, 0.2) is 0 Å². The van der Waals surface area contributed by atoms with Gasteiger partial charge in [0.25, 0.3) is 0 Å². The SMILES string of the molecule is C=C1CC[C@@H]2[C@](C)(CC[C@@H](O)[C@]2(C)CO)[C@@H]1C/C=C1/C(=O)OC[C@H]1O. The monoisotopic (exact) mass is 350 g/mol. The first kappa shape index (κ1) is 18.6. The molecule has 1 heterocycles. The van der Waals surface area contributed by atoms with Crippen LogP contribution < -0.4 is 0 Å². The molecule has 1 saturated heterocycles. The molecule has 0 unspecified atom stereocenters. The Hall–Kier alpha value is -1.17. The van der Waals surface area contributed by atoms with Crippen LogP contribution in [-0.4, -0.2) is 46.7 Å². The molecule has 1 aliphatic heterocycles. The van der Waals surface area contributed by atoms with Crippen LogP contribution >= 0.6 is 0 Å². The Labute approximate surface area is 149 Å². The van der Waals surface area contributed by atoms with Gasteiger partial charge < -0.3 is 20.1 Å². The standard InChI is InChI=1S/C20H30O5/c1-12-4-7-16-19(2,9-8-17(23)20(16,3)11-21)14(12)6-5-13-15(22)10-25-18(13)24/h5,14-17,21-23H,1,4,6-11H2,2-3H3/b13-5+/t14-,15-,16-,17-,19-,20-/m1/s1. The Balaban J connectivity index is 1.89. The van der Waals surface area contributed by atoms with Gasteiger partial charge in [-0.25, -0.2) is 4.79 Å². The number of fused-ring (bicyclic) bond motifs is 1. The summed E-state index contributed by atoms with van der Waals surface area (Å²) in [5, 5.41) is 30.4. The van der Waals surface area contributed by atoms with Crippen molar-refractivity contribution in [3.05, 3.63) is 23.8 Å². The van der Waals surface area contributed by atoms with Crippen LogP contribution in [-0.2, 0) is 9.53 Å². The number of carbonyl (C=O) groups is 1. The number of ether oxygens (including phenoxy) is 1. The van der Waals surface area contributed by atoms with Crippen LogP contribution in [0.3, 0.4) is 0 Å². The van der Waals surface area contributed by atoms with Crippen LogP contribution in [0.25, 0.3) is 0 Å². The Morgan fingerprint density at radius 2 is 2.04 bits per heavy atom. The van der Waals surface area contributed by atoms with Gasteiger partial charge in [0.2, 0.25) is 0 Å². The van der Waals surface area contributed by atoms with Crippen molar-refractivity contribution < 1.29 is 24.9 Å². The zero-order valence-corrected chi connectivity index (χ0v) is 15.2. The molecule has 0 spiro atoms. The fraction of sp³-hybridized carbons (Fsp3) is 0.750. The van der Waals surface area contributed by atoms with Crippen LogP contribution in [0.1, 0.15) is 46.0 Å². The second kappa shape index (κ2) is 6.53. The molecule has 5 heteroatoms. The number of cyclic esters (lactones) is 1. The molecule has 2 saturated carbocycles. The predicted octanol–water partition coefficient (Wildman–Crippen LogP) is 1.96. The molecule has 0 radical (unpaired) electrons. The second-order valence-corrected chi connectivity index (χ2v) is 8.54. The summed E-state index contributed by atoms with van der Waals surface area (Å²) in [5.41, 5.74) is 0.911. The van der Waals surface area contributed by atoms with E-state index in [0.717, 1.165) is 24.8 Å². The average molecular weight is 350 g/mol. The first-order valence-corrected chi connectivity index (χ1v) is 9.26. The number of carbonyl (C=O) groups excluding carboxylic acids is 1. The molecule has 3 fully saturated rings. The molecule has 0 bridgehead atoms. The molecule has 6 atom stereocenters. The van der Waals surface area contributed by atoms with Gasteiger partial charge in [0.05, 0.1) is 18.3 Å². The van der Waals surface area contributed by atoms with Gasteiger partial charge in [-0.15, -0.1) is 0 Å². The van der Waals surface area contributed by atoms with E-state index in [1.54, 1.807) is 0 Å². The molecule has 0 aromatic heterocycles. The summed E-state index contributed by atoms with van der Waals surface area (Å²) >= 11 is 0. The van der Waals surface area contributed by atoms with E-state index in [-0.39, 0.29) is 30.5 Å². The lowest BCUT2D eigenvalue weighted by Gasteiger charge is -2.59. The first-order chi connectivity index (χ1) is 11.7. The second-order valence-electron chi connectivity index (χ2n) is 8.54. The van der Waals surface area contributed by atoms with Gasteiger partial charge in [-0.05, 0) is 49.4 Å². The Morgan fingerprint density at radius 3 is 2.64 bits per heavy atom. The molecule has 0 aromatic carbocycles. The van der Waals surface area contributed by atoms with Gasteiger partial charge in [-0.1, -0.05) is 32.1 Å². The molecule has 3 aliphatic rings. The van der Waals surface area contributed by atoms with E-state index in [9.17, 15) is 20.1 Å². The minimum atomic E-state index is -0.844. The van der Waals surface area contributed by atoms with Crippen molar-refractivity contribution in [3.63, 3.8) is 0 Å². The number of aliphatic hydroxyl groups excluding tert-OH is 3. The van der Waals surface area contributed by atoms with Gasteiger partial charge in [0.1, 0.15) is 12.7 Å². The Bertz CT molecular complexity index is 597. The van der Waals surface area contributed by atoms with Crippen molar-refractivity contribution in [1.82, 2.24) is 0 Å². The van der Waals surface area contributed by atoms with Crippen LogP contribution in [0, 0.1) is 22.7 Å². The minimum absolute atomic E-state index is 0.0280. The highest BCUT2D eigenvalue weighted by Crippen LogP contribution is 2.61. The van der Waals surface area contributed by atoms with Crippen molar-refractivity contribution in [3.8, 4) is 0 Å². The number of hydrogen-bond acceptors (Lipinski definition) is 5. The fourth-order valence-corrected chi connectivity index (χ4v) is 5.56. The van der Waals surface area contributed by atoms with Crippen molar-refractivity contribution in [2.75, 3.05) is 13.2 Å². The third-order valence-electron chi connectivity index (χ3n) is 7.23. The summed E-state index contributed by atoms with van der Waals surface area (Å²) in [6.45, 7) is 8.50. The molecule has 0 amide bonds. The zero-order chi connectivity index (χ0) is 18.4. The number of esters is 1. The topological polar surface area (TPSA) is 87.0 Å². The molecular formula is C20H30O5. The molecule has 3 rings (SSSR count). The van der Waals surface area contributed by atoms with Crippen molar-refractivity contribution in [1.29, 1.82) is 0 Å². The van der Waals surface area contributed by atoms with E-state index in [1.807, 2.05) is 13.0 Å². The lowest BCUT2D eigenvalue weighted by Crippen LogP contribution is -2.57. The van der Waals surface area contributed by atoms with Crippen LogP contribution in [0.4, 0.5) is 0 Å². The molecule has 3 N–H and O–H groups in total. The summed E-state index contributed by atoms with van der Waals surface area (Å²) in [6, 6.07) is 0. The van der Waals surface area contributed by atoms with Gasteiger partial charge >= 0.3 is 5.97 Å². The Morgan fingerprint density at radius 1 is 1.32 bits per heavy atom. The van der Waals surface area contributed by atoms with Crippen molar-refractivity contribution in [2.45, 2.75) is 58.2 Å². The lowest BCUT2D eigenvalue weighted by atomic mass is 9.46. The number of aliphatic hydroxyl groups is 3. The maximum absolute atomic E-state index is 11.8. The highest BCUT2D eigenvalue weighted by Gasteiger charge is 2.57. The first-order valence-electron chi connectivity index (χ1n) is 9.26. The van der Waals surface area contributed by atoms with E-state index in [2.05, 4.69) is 13.5 Å². The fourth-order valence-electron chi connectivity index (χ4n) is 5.56. The summed E-state index contributed by atoms with van der Waals surface area (Å²) in [6.07, 6.45) is 4.42. The maximum Gasteiger partial charge on any atom is 0.336 e. The van der Waals surface area contributed by atoms with Crippen LogP contribution in [0.5, 0.6) is 0 Å². The van der Waals surface area contributed by atoms with E-state index >= 15 is 0 Å². The van der Waals surface area contributed by atoms with Crippen molar-refractivity contribution >= 4 is 5.97 Å². The smallest absolute Gasteiger partial charge is 0.336 e. The molecule has 140 valence electrons. The quantitative estimate of drug-likeness (QED) is 0.411. The summed E-state index contributed by atoms with van der Waals surface area (Å²) in [4.78, 5) is 11.8. The molecule has 25 heavy (non-hydrogen) atoms. The summed E-state index contributed by atoms with van der Waals surface area (Å²) < 4.78 is 4.90. The number of allylic oxidation sites excluding steroid dienone is 2. The molecular weight excluding hydrogens is 320 g/mol. The summed E-state index contributed by atoms with van der Waals surface area (Å²) in [5.74, 6) is -0.0734. The van der Waals surface area contributed by atoms with E-state index < -0.39 is 23.6 Å². The third-order valence-corrected chi connectivity index (χ3v) is 7.23. The van der Waals surface area contributed by atoms with E-state index in [4.69, 9.17) is 4.74 Å². The highest BCUT2D eigenvalue weighted by atomic mass is 16.6. The largest absolute Gasteiger partial charge is 0.459 e. The zero-order valence-electron chi connectivity index (χ0n) is 15.2. The van der Waals surface area contributed by atoms with Gasteiger partial charge in [0, 0.05) is 5.41 Å². The highest BCUT2D eigenvalue weighted by molar-refractivity contribution is 5.91. The molecule has 0 aromatic rings. The van der Waals surface area contributed by atoms with E-state index in [0.29, 0.717) is 18.4 Å². The lowest BCUT2D eigenvalue weighted by molar-refractivity contribution is -0.151. The normalized spacial score (nSPS) is 46.2. The van der Waals surface area contributed by atoms with Gasteiger partial charge in [-0.3, -0.25) is 0 Å². The molecule has 2 aliphatic carbocycles. The Kier molecular flexibility index (Phi) is 4.86. The maximum atomic E-state index is 11.8.